The Morgan fingerprint density at radius 2 is 1.74 bits per heavy atom. The first kappa shape index (κ1) is 22.8. The van der Waals surface area contributed by atoms with Crippen LogP contribution in [0, 0.1) is 0 Å². The molecule has 2 aromatic carbocycles. The number of sulfonamides is 1. The van der Waals surface area contributed by atoms with Crippen LogP contribution in [0.3, 0.4) is 0 Å². The number of rotatable bonds is 9. The lowest BCUT2D eigenvalue weighted by atomic mass is 10.1. The van der Waals surface area contributed by atoms with Crippen LogP contribution in [0.1, 0.15) is 48.2 Å². The minimum Gasteiger partial charge on any atom is -0.348 e. The van der Waals surface area contributed by atoms with Crippen molar-refractivity contribution in [3.05, 3.63) is 65.2 Å². The number of carbonyl (C=O) groups is 2. The Labute approximate surface area is 182 Å². The lowest BCUT2D eigenvalue weighted by Gasteiger charge is -2.13. The van der Waals surface area contributed by atoms with Crippen LogP contribution in [-0.2, 0) is 22.3 Å². The standard InChI is InChI=1S/C22H28N4O4S/c1-15(2)26-31(29,30)14-18-7-4-3-6-17(18)13-23-21(27)16-8-5-9-20(12-16)25-22(28)24-19-10-11-19/h3-9,12,15,19,26H,10-11,13-14H2,1-2H3,(H,23,27)(H2,24,25,28). The monoisotopic (exact) mass is 444 g/mol. The summed E-state index contributed by atoms with van der Waals surface area (Å²) in [4.78, 5) is 24.5. The highest BCUT2D eigenvalue weighted by atomic mass is 32.2. The fraction of sp³-hybridized carbons (Fsp3) is 0.364. The van der Waals surface area contributed by atoms with Gasteiger partial charge in [-0.05, 0) is 56.0 Å². The molecule has 3 amide bonds. The number of amides is 3. The summed E-state index contributed by atoms with van der Waals surface area (Å²) in [7, 11) is -3.48. The highest BCUT2D eigenvalue weighted by molar-refractivity contribution is 7.88. The average Bonchev–Trinajstić information content (AvgIpc) is 3.49. The molecule has 0 spiro atoms. The van der Waals surface area contributed by atoms with Crippen molar-refractivity contribution in [3.8, 4) is 0 Å². The molecule has 0 aromatic heterocycles. The van der Waals surface area contributed by atoms with E-state index >= 15 is 0 Å². The Kier molecular flexibility index (Phi) is 7.29. The lowest BCUT2D eigenvalue weighted by Crippen LogP contribution is -2.32. The second-order valence-electron chi connectivity index (χ2n) is 7.94. The normalized spacial score (nSPS) is 13.6. The highest BCUT2D eigenvalue weighted by Gasteiger charge is 2.23. The summed E-state index contributed by atoms with van der Waals surface area (Å²) in [6.07, 6.45) is 1.98. The Morgan fingerprint density at radius 3 is 2.42 bits per heavy atom. The molecule has 0 bridgehead atoms. The maximum absolute atomic E-state index is 12.6. The molecule has 0 unspecified atom stereocenters. The fourth-order valence-electron chi connectivity index (χ4n) is 3.07. The van der Waals surface area contributed by atoms with Crippen LogP contribution in [0.4, 0.5) is 10.5 Å². The molecule has 2 aromatic rings. The van der Waals surface area contributed by atoms with Gasteiger partial charge in [0.05, 0.1) is 5.75 Å². The third-order valence-electron chi connectivity index (χ3n) is 4.61. The van der Waals surface area contributed by atoms with Crippen LogP contribution < -0.4 is 20.7 Å². The predicted octanol–water partition coefficient (Wildman–Crippen LogP) is 2.73. The fourth-order valence-corrected chi connectivity index (χ4v) is 4.56. The van der Waals surface area contributed by atoms with Gasteiger partial charge in [-0.3, -0.25) is 4.79 Å². The van der Waals surface area contributed by atoms with Gasteiger partial charge in [-0.2, -0.15) is 0 Å². The van der Waals surface area contributed by atoms with Crippen molar-refractivity contribution in [2.24, 2.45) is 0 Å². The molecule has 4 N–H and O–H groups in total. The molecule has 31 heavy (non-hydrogen) atoms. The number of nitrogens with one attached hydrogen (secondary N) is 4. The Balaban J connectivity index is 1.62. The molecule has 0 aliphatic heterocycles. The van der Waals surface area contributed by atoms with Gasteiger partial charge in [0.1, 0.15) is 0 Å². The number of hydrogen-bond acceptors (Lipinski definition) is 4. The lowest BCUT2D eigenvalue weighted by molar-refractivity contribution is 0.0951. The van der Waals surface area contributed by atoms with Crippen LogP contribution in [0.25, 0.3) is 0 Å². The van der Waals surface area contributed by atoms with Gasteiger partial charge in [0, 0.05) is 29.9 Å². The van der Waals surface area contributed by atoms with Crippen molar-refractivity contribution in [2.45, 2.75) is 51.1 Å². The Hall–Kier alpha value is -2.91. The smallest absolute Gasteiger partial charge is 0.319 e. The van der Waals surface area contributed by atoms with Gasteiger partial charge in [0.2, 0.25) is 10.0 Å². The second-order valence-corrected chi connectivity index (χ2v) is 9.69. The molecule has 1 saturated carbocycles. The van der Waals surface area contributed by atoms with E-state index in [-0.39, 0.29) is 36.3 Å². The molecule has 1 aliphatic rings. The molecule has 8 nitrogen and oxygen atoms in total. The van der Waals surface area contributed by atoms with E-state index in [0.29, 0.717) is 16.8 Å². The number of anilines is 1. The third kappa shape index (κ3) is 7.37. The number of hydrogen-bond donors (Lipinski definition) is 4. The van der Waals surface area contributed by atoms with Crippen molar-refractivity contribution < 1.29 is 18.0 Å². The van der Waals surface area contributed by atoms with Gasteiger partial charge in [0.15, 0.2) is 0 Å². The third-order valence-corrected chi connectivity index (χ3v) is 6.14. The summed E-state index contributed by atoms with van der Waals surface area (Å²) in [6.45, 7) is 3.72. The maximum Gasteiger partial charge on any atom is 0.319 e. The van der Waals surface area contributed by atoms with E-state index in [9.17, 15) is 18.0 Å². The zero-order valence-corrected chi connectivity index (χ0v) is 18.5. The van der Waals surface area contributed by atoms with Crippen LogP contribution in [-0.4, -0.2) is 32.4 Å². The molecule has 1 fully saturated rings. The van der Waals surface area contributed by atoms with E-state index in [4.69, 9.17) is 0 Å². The number of benzene rings is 2. The number of urea groups is 1. The Morgan fingerprint density at radius 1 is 1.03 bits per heavy atom. The van der Waals surface area contributed by atoms with E-state index < -0.39 is 10.0 Å². The molecule has 0 radical (unpaired) electrons. The van der Waals surface area contributed by atoms with Crippen molar-refractivity contribution in [3.63, 3.8) is 0 Å². The van der Waals surface area contributed by atoms with Crippen molar-refractivity contribution in [1.82, 2.24) is 15.4 Å². The SMILES string of the molecule is CC(C)NS(=O)(=O)Cc1ccccc1CNC(=O)c1cccc(NC(=O)NC2CC2)c1. The van der Waals surface area contributed by atoms with E-state index in [1.165, 1.54) is 0 Å². The molecular weight excluding hydrogens is 416 g/mol. The molecule has 3 rings (SSSR count). The highest BCUT2D eigenvalue weighted by Crippen LogP contribution is 2.19. The van der Waals surface area contributed by atoms with Crippen LogP contribution in [0.5, 0.6) is 0 Å². The molecule has 1 aliphatic carbocycles. The summed E-state index contributed by atoms with van der Waals surface area (Å²) < 4.78 is 27.1. The van der Waals surface area contributed by atoms with Gasteiger partial charge < -0.3 is 16.0 Å². The first-order chi connectivity index (χ1) is 14.7. The summed E-state index contributed by atoms with van der Waals surface area (Å²) in [6, 6.07) is 13.5. The molecule has 166 valence electrons. The molecule has 0 saturated heterocycles. The zero-order valence-electron chi connectivity index (χ0n) is 17.6. The Bertz CT molecular complexity index is 1050. The van der Waals surface area contributed by atoms with Gasteiger partial charge in [-0.1, -0.05) is 30.3 Å². The first-order valence-electron chi connectivity index (χ1n) is 10.2. The molecule has 0 atom stereocenters. The first-order valence-corrected chi connectivity index (χ1v) is 11.9. The molecule has 0 heterocycles. The second kappa shape index (κ2) is 9.93. The summed E-state index contributed by atoms with van der Waals surface area (Å²) in [5, 5.41) is 8.38. The maximum atomic E-state index is 12.6. The van der Waals surface area contributed by atoms with E-state index in [0.717, 1.165) is 18.4 Å². The summed E-state index contributed by atoms with van der Waals surface area (Å²) in [5.41, 5.74) is 2.28. The quantitative estimate of drug-likeness (QED) is 0.476. The van der Waals surface area contributed by atoms with E-state index in [2.05, 4.69) is 20.7 Å². The largest absolute Gasteiger partial charge is 0.348 e. The van der Waals surface area contributed by atoms with Crippen molar-refractivity contribution in [2.75, 3.05) is 5.32 Å². The van der Waals surface area contributed by atoms with Gasteiger partial charge in [-0.15, -0.1) is 0 Å². The summed E-state index contributed by atoms with van der Waals surface area (Å²) >= 11 is 0. The van der Waals surface area contributed by atoms with Crippen LogP contribution in [0.15, 0.2) is 48.5 Å². The number of carbonyl (C=O) groups excluding carboxylic acids is 2. The van der Waals surface area contributed by atoms with Gasteiger partial charge in [0.25, 0.3) is 5.91 Å². The zero-order chi connectivity index (χ0) is 22.4. The van der Waals surface area contributed by atoms with Crippen LogP contribution >= 0.6 is 0 Å². The van der Waals surface area contributed by atoms with Gasteiger partial charge >= 0.3 is 6.03 Å². The summed E-state index contributed by atoms with van der Waals surface area (Å²) in [5.74, 6) is -0.476. The van der Waals surface area contributed by atoms with E-state index in [1.54, 1.807) is 62.4 Å². The predicted molar refractivity (Wildman–Crippen MR) is 120 cm³/mol. The van der Waals surface area contributed by atoms with Crippen LogP contribution in [0.2, 0.25) is 0 Å². The molecule has 9 heteroatoms. The van der Waals surface area contributed by atoms with E-state index in [1.807, 2.05) is 0 Å². The minimum absolute atomic E-state index is 0.160. The minimum atomic E-state index is -3.48. The average molecular weight is 445 g/mol. The van der Waals surface area contributed by atoms with Crippen molar-refractivity contribution >= 4 is 27.6 Å². The topological polar surface area (TPSA) is 116 Å². The van der Waals surface area contributed by atoms with Crippen molar-refractivity contribution in [1.29, 1.82) is 0 Å². The van der Waals surface area contributed by atoms with Gasteiger partial charge in [-0.25, -0.2) is 17.9 Å². The molecular formula is C22H28N4O4S.